The van der Waals surface area contributed by atoms with Gasteiger partial charge in [-0.05, 0) is 82.4 Å². The number of aromatic carboxylic acids is 1. The van der Waals surface area contributed by atoms with Crippen molar-refractivity contribution in [3.8, 4) is 11.1 Å². The van der Waals surface area contributed by atoms with E-state index in [0.717, 1.165) is 28.5 Å². The second-order valence-electron chi connectivity index (χ2n) is 10.0. The van der Waals surface area contributed by atoms with Gasteiger partial charge in [0.2, 0.25) is 0 Å². The Morgan fingerprint density at radius 3 is 2.36 bits per heavy atom. The number of hydrogen-bond donors (Lipinski definition) is 2. The van der Waals surface area contributed by atoms with Gasteiger partial charge >= 0.3 is 5.97 Å². The number of carboxylic acid groups (broad SMARTS) is 1. The molecule has 0 aliphatic carbocycles. The molecule has 9 heteroatoms. The lowest BCUT2D eigenvalue weighted by Crippen LogP contribution is -2.24. The van der Waals surface area contributed by atoms with Gasteiger partial charge in [-0.1, -0.05) is 59.8 Å². The van der Waals surface area contributed by atoms with Gasteiger partial charge in [-0.3, -0.25) is 4.79 Å². The molecule has 0 aliphatic rings. The predicted molar refractivity (Wildman–Crippen MR) is 155 cm³/mol. The molecule has 1 heterocycles. The van der Waals surface area contributed by atoms with Crippen LogP contribution in [0.1, 0.15) is 44.8 Å². The molecule has 0 saturated heterocycles. The summed E-state index contributed by atoms with van der Waals surface area (Å²) in [4.78, 5) is 24.9. The van der Waals surface area contributed by atoms with Gasteiger partial charge in [0.25, 0.3) is 5.91 Å². The molecular formula is C33H24F2N4O3. The van der Waals surface area contributed by atoms with Crippen LogP contribution in [0.4, 0.5) is 8.78 Å². The van der Waals surface area contributed by atoms with E-state index in [4.69, 9.17) is 5.11 Å². The maximum atomic E-state index is 14.1. The van der Waals surface area contributed by atoms with Crippen molar-refractivity contribution >= 4 is 33.7 Å². The maximum Gasteiger partial charge on any atom is 0.335 e. The molecule has 1 aromatic heterocycles. The summed E-state index contributed by atoms with van der Waals surface area (Å²) in [5, 5.41) is 23.0. The molecular weight excluding hydrogens is 538 g/mol. The number of halogens is 2. The summed E-state index contributed by atoms with van der Waals surface area (Å²) < 4.78 is 29.5. The number of carbonyl (C=O) groups is 2. The topological polar surface area (TPSA) is 97.1 Å². The SMILES string of the molecule is C[C@H](c1ccc2ccccc2c1)n1nnc2cc(-c3ccc(F)c(F)c3)cc(C(=O)NCc3ccc(C(=O)O)cc3)c21. The third-order valence-corrected chi connectivity index (χ3v) is 7.34. The zero-order valence-electron chi connectivity index (χ0n) is 22.4. The molecule has 2 N–H and O–H groups in total. The number of fused-ring (bicyclic) bond motifs is 2. The molecule has 0 fully saturated rings. The fourth-order valence-electron chi connectivity index (χ4n) is 5.02. The first-order chi connectivity index (χ1) is 20.3. The fraction of sp³-hybridized carbons (Fsp3) is 0.0909. The number of hydrogen-bond acceptors (Lipinski definition) is 4. The molecule has 5 aromatic carbocycles. The smallest absolute Gasteiger partial charge is 0.335 e. The minimum Gasteiger partial charge on any atom is -0.478 e. The predicted octanol–water partition coefficient (Wildman–Crippen LogP) is 6.77. The lowest BCUT2D eigenvalue weighted by Gasteiger charge is -2.16. The first-order valence-corrected chi connectivity index (χ1v) is 13.2. The van der Waals surface area contributed by atoms with Crippen LogP contribution in [0.3, 0.4) is 0 Å². The molecule has 0 bridgehead atoms. The van der Waals surface area contributed by atoms with Crippen LogP contribution in [0.15, 0.2) is 97.1 Å². The highest BCUT2D eigenvalue weighted by Crippen LogP contribution is 2.31. The molecule has 0 saturated carbocycles. The Bertz CT molecular complexity index is 1990. The number of benzene rings is 5. The molecule has 6 aromatic rings. The van der Waals surface area contributed by atoms with Crippen LogP contribution in [0.5, 0.6) is 0 Å². The van der Waals surface area contributed by atoms with Crippen molar-refractivity contribution < 1.29 is 23.5 Å². The Morgan fingerprint density at radius 1 is 0.857 bits per heavy atom. The van der Waals surface area contributed by atoms with Crippen LogP contribution in [0, 0.1) is 11.6 Å². The molecule has 208 valence electrons. The van der Waals surface area contributed by atoms with E-state index >= 15 is 0 Å². The van der Waals surface area contributed by atoms with E-state index in [2.05, 4.69) is 21.7 Å². The molecule has 6 rings (SSSR count). The number of carboxylic acids is 1. The Morgan fingerprint density at radius 2 is 1.62 bits per heavy atom. The van der Waals surface area contributed by atoms with Gasteiger partial charge in [-0.15, -0.1) is 5.10 Å². The fourth-order valence-corrected chi connectivity index (χ4v) is 5.02. The number of nitrogens with one attached hydrogen (secondary N) is 1. The first-order valence-electron chi connectivity index (χ1n) is 13.2. The average molecular weight is 563 g/mol. The molecule has 1 amide bonds. The standard InChI is InChI=1S/C33H24F2N4O3/c1-19(23-11-10-21-4-2-3-5-24(21)14-23)39-31-27(32(40)36-18-20-6-8-22(9-7-20)33(41)42)15-26(17-30(31)37-38-39)25-12-13-28(34)29(35)16-25/h2-17,19H,18H2,1H3,(H,36,40)(H,41,42)/t19-/m1/s1. The number of nitrogens with zero attached hydrogens (tertiary/aromatic N) is 3. The van der Waals surface area contributed by atoms with E-state index < -0.39 is 23.5 Å². The first kappa shape index (κ1) is 26.8. The second-order valence-corrected chi connectivity index (χ2v) is 10.0. The highest BCUT2D eigenvalue weighted by atomic mass is 19.2. The molecule has 0 spiro atoms. The summed E-state index contributed by atoms with van der Waals surface area (Å²) >= 11 is 0. The summed E-state index contributed by atoms with van der Waals surface area (Å²) in [5.74, 6) is -3.44. The van der Waals surface area contributed by atoms with E-state index in [1.165, 1.54) is 18.2 Å². The van der Waals surface area contributed by atoms with Crippen molar-refractivity contribution in [2.75, 3.05) is 0 Å². The van der Waals surface area contributed by atoms with Gasteiger partial charge in [0, 0.05) is 6.54 Å². The van der Waals surface area contributed by atoms with Gasteiger partial charge < -0.3 is 10.4 Å². The van der Waals surface area contributed by atoms with Gasteiger partial charge in [-0.25, -0.2) is 18.3 Å². The highest BCUT2D eigenvalue weighted by Gasteiger charge is 2.22. The molecule has 42 heavy (non-hydrogen) atoms. The average Bonchev–Trinajstić information content (AvgIpc) is 3.44. The lowest BCUT2D eigenvalue weighted by molar-refractivity contribution is 0.0696. The maximum absolute atomic E-state index is 14.1. The highest BCUT2D eigenvalue weighted by molar-refractivity contribution is 6.06. The van der Waals surface area contributed by atoms with Gasteiger partial charge in [0.05, 0.1) is 17.2 Å². The zero-order valence-corrected chi connectivity index (χ0v) is 22.4. The Hall–Kier alpha value is -5.44. The summed E-state index contributed by atoms with van der Waals surface area (Å²) in [6, 6.07) is 26.9. The van der Waals surface area contributed by atoms with Crippen molar-refractivity contribution in [3.63, 3.8) is 0 Å². The summed E-state index contributed by atoms with van der Waals surface area (Å²) in [6.07, 6.45) is 0. The third-order valence-electron chi connectivity index (χ3n) is 7.34. The van der Waals surface area contributed by atoms with Crippen LogP contribution >= 0.6 is 0 Å². The quantitative estimate of drug-likeness (QED) is 0.224. The molecule has 0 unspecified atom stereocenters. The molecule has 7 nitrogen and oxygen atoms in total. The zero-order chi connectivity index (χ0) is 29.4. The van der Waals surface area contributed by atoms with Gasteiger partial charge in [-0.2, -0.15) is 0 Å². The number of carbonyl (C=O) groups excluding carboxylic acids is 1. The summed E-state index contributed by atoms with van der Waals surface area (Å²) in [5.41, 5.74) is 3.83. The number of amides is 1. The largest absolute Gasteiger partial charge is 0.478 e. The van der Waals surface area contributed by atoms with E-state index in [1.807, 2.05) is 43.3 Å². The van der Waals surface area contributed by atoms with Crippen LogP contribution in [-0.4, -0.2) is 32.0 Å². The van der Waals surface area contributed by atoms with Crippen LogP contribution in [0.25, 0.3) is 32.9 Å². The minimum absolute atomic E-state index is 0.136. The molecule has 0 aliphatic heterocycles. The van der Waals surface area contributed by atoms with Gasteiger partial charge in [0.15, 0.2) is 11.6 Å². The minimum atomic E-state index is -1.04. The van der Waals surface area contributed by atoms with Crippen molar-refractivity contribution in [1.29, 1.82) is 0 Å². The van der Waals surface area contributed by atoms with Crippen LogP contribution in [-0.2, 0) is 6.54 Å². The Kier molecular flexibility index (Phi) is 6.92. The number of rotatable bonds is 7. The lowest BCUT2D eigenvalue weighted by atomic mass is 9.99. The van der Waals surface area contributed by atoms with Crippen molar-refractivity contribution in [2.24, 2.45) is 0 Å². The third kappa shape index (κ3) is 5.08. The van der Waals surface area contributed by atoms with E-state index in [1.54, 1.807) is 28.9 Å². The normalized spacial score (nSPS) is 12.0. The van der Waals surface area contributed by atoms with Crippen LogP contribution < -0.4 is 5.32 Å². The second kappa shape index (κ2) is 10.9. The van der Waals surface area contributed by atoms with E-state index in [-0.39, 0.29) is 23.7 Å². The molecule has 1 atom stereocenters. The summed E-state index contributed by atoms with van der Waals surface area (Å²) in [7, 11) is 0. The van der Waals surface area contributed by atoms with E-state index in [0.29, 0.717) is 27.7 Å². The summed E-state index contributed by atoms with van der Waals surface area (Å²) in [6.45, 7) is 2.10. The Labute approximate surface area is 239 Å². The van der Waals surface area contributed by atoms with Crippen LogP contribution in [0.2, 0.25) is 0 Å². The molecule has 0 radical (unpaired) electrons. The van der Waals surface area contributed by atoms with Crippen molar-refractivity contribution in [1.82, 2.24) is 20.3 Å². The van der Waals surface area contributed by atoms with E-state index in [9.17, 15) is 18.4 Å². The van der Waals surface area contributed by atoms with Crippen molar-refractivity contribution in [2.45, 2.75) is 19.5 Å². The number of aromatic nitrogens is 3. The van der Waals surface area contributed by atoms with Gasteiger partial charge in [0.1, 0.15) is 11.0 Å². The monoisotopic (exact) mass is 562 g/mol. The van der Waals surface area contributed by atoms with Crippen molar-refractivity contribution in [3.05, 3.63) is 131 Å². The Balaban J connectivity index is 1.42.